The van der Waals surface area contributed by atoms with Gasteiger partial charge in [0.1, 0.15) is 11.5 Å². The zero-order valence-corrected chi connectivity index (χ0v) is 18.9. The average Bonchev–Trinajstić information content (AvgIpc) is 3.39. The number of benzene rings is 3. The van der Waals surface area contributed by atoms with Crippen LogP contribution in [0.25, 0.3) is 28.2 Å². The van der Waals surface area contributed by atoms with Gasteiger partial charge in [0.15, 0.2) is 0 Å². The number of hydrogen-bond donors (Lipinski definition) is 0. The number of imide groups is 1. The van der Waals surface area contributed by atoms with Crippen LogP contribution >= 0.6 is 11.8 Å². The number of nitrogens with zero attached hydrogens (tertiary/aromatic N) is 2. The number of nitro groups is 1. The van der Waals surface area contributed by atoms with Crippen LogP contribution in [-0.4, -0.2) is 21.0 Å². The second-order valence-electron chi connectivity index (χ2n) is 7.87. The van der Waals surface area contributed by atoms with Crippen LogP contribution in [0.2, 0.25) is 0 Å². The van der Waals surface area contributed by atoms with Gasteiger partial charge in [0.25, 0.3) is 16.8 Å². The molecule has 0 aliphatic carbocycles. The lowest BCUT2D eigenvalue weighted by Gasteiger charge is -2.14. The fourth-order valence-electron chi connectivity index (χ4n) is 3.91. The van der Waals surface area contributed by atoms with Crippen LogP contribution in [0, 0.1) is 17.0 Å². The van der Waals surface area contributed by atoms with E-state index in [1.807, 2.05) is 42.5 Å². The Kier molecular flexibility index (Phi) is 5.51. The van der Waals surface area contributed by atoms with Crippen molar-refractivity contribution in [1.29, 1.82) is 0 Å². The lowest BCUT2D eigenvalue weighted by Crippen LogP contribution is -2.27. The Morgan fingerprint density at radius 2 is 1.82 bits per heavy atom. The normalized spacial score (nSPS) is 15.0. The van der Waals surface area contributed by atoms with Crippen LogP contribution in [0.15, 0.2) is 82.1 Å². The molecule has 7 nitrogen and oxygen atoms in total. The van der Waals surface area contributed by atoms with Crippen molar-refractivity contribution in [3.8, 4) is 11.3 Å². The number of rotatable bonds is 5. The number of amides is 2. The molecular formula is C26H18N2O5S. The average molecular weight is 471 g/mol. The van der Waals surface area contributed by atoms with E-state index in [1.165, 1.54) is 17.0 Å². The number of aryl methyl sites for hydroxylation is 1. The molecule has 1 saturated heterocycles. The monoisotopic (exact) mass is 470 g/mol. The number of carbonyl (C=O) groups excluding carboxylic acids is 2. The van der Waals surface area contributed by atoms with E-state index in [2.05, 4.69) is 0 Å². The Hall–Kier alpha value is -4.17. The number of thioether (sulfide) groups is 1. The number of hydrogen-bond acceptors (Lipinski definition) is 6. The van der Waals surface area contributed by atoms with Gasteiger partial charge in [-0.2, -0.15) is 0 Å². The molecule has 0 atom stereocenters. The van der Waals surface area contributed by atoms with E-state index in [0.29, 0.717) is 22.6 Å². The summed E-state index contributed by atoms with van der Waals surface area (Å²) in [5.41, 5.74) is 2.01. The Morgan fingerprint density at radius 3 is 2.65 bits per heavy atom. The second kappa shape index (κ2) is 8.64. The molecule has 1 fully saturated rings. The van der Waals surface area contributed by atoms with Crippen molar-refractivity contribution in [3.63, 3.8) is 0 Å². The minimum Gasteiger partial charge on any atom is -0.457 e. The molecule has 1 aliphatic heterocycles. The van der Waals surface area contributed by atoms with Crippen molar-refractivity contribution in [2.24, 2.45) is 0 Å². The molecule has 4 aromatic rings. The quantitative estimate of drug-likeness (QED) is 0.186. The molecule has 0 radical (unpaired) electrons. The maximum atomic E-state index is 13.0. The highest BCUT2D eigenvalue weighted by Gasteiger charge is 2.35. The molecule has 5 rings (SSSR count). The van der Waals surface area contributed by atoms with Crippen molar-refractivity contribution in [2.75, 3.05) is 0 Å². The first-order valence-corrected chi connectivity index (χ1v) is 11.3. The van der Waals surface area contributed by atoms with Gasteiger partial charge in [-0.3, -0.25) is 24.6 Å². The van der Waals surface area contributed by atoms with E-state index in [9.17, 15) is 19.7 Å². The highest BCUT2D eigenvalue weighted by molar-refractivity contribution is 8.18. The summed E-state index contributed by atoms with van der Waals surface area (Å²) in [6.07, 6.45) is 1.53. The third-order valence-electron chi connectivity index (χ3n) is 5.67. The molecule has 3 aromatic carbocycles. The molecule has 34 heavy (non-hydrogen) atoms. The Morgan fingerprint density at radius 1 is 1.03 bits per heavy atom. The van der Waals surface area contributed by atoms with Crippen molar-refractivity contribution in [2.45, 2.75) is 13.5 Å². The molecule has 8 heteroatoms. The van der Waals surface area contributed by atoms with Crippen molar-refractivity contribution >= 4 is 45.4 Å². The first-order valence-electron chi connectivity index (χ1n) is 10.5. The summed E-state index contributed by atoms with van der Waals surface area (Å²) in [7, 11) is 0. The molecule has 0 spiro atoms. The zero-order chi connectivity index (χ0) is 23.8. The van der Waals surface area contributed by atoms with Crippen LogP contribution in [0.3, 0.4) is 0 Å². The van der Waals surface area contributed by atoms with Gasteiger partial charge in [0.05, 0.1) is 16.4 Å². The summed E-state index contributed by atoms with van der Waals surface area (Å²) in [5, 5.41) is 12.9. The molecule has 2 amide bonds. The van der Waals surface area contributed by atoms with E-state index >= 15 is 0 Å². The van der Waals surface area contributed by atoms with E-state index in [4.69, 9.17) is 4.42 Å². The van der Waals surface area contributed by atoms with Gasteiger partial charge in [0.2, 0.25) is 0 Å². The van der Waals surface area contributed by atoms with Crippen LogP contribution in [0.4, 0.5) is 10.5 Å². The van der Waals surface area contributed by atoms with E-state index in [-0.39, 0.29) is 28.3 Å². The predicted molar refractivity (Wildman–Crippen MR) is 131 cm³/mol. The van der Waals surface area contributed by atoms with Gasteiger partial charge >= 0.3 is 0 Å². The van der Waals surface area contributed by atoms with E-state index in [0.717, 1.165) is 28.1 Å². The van der Waals surface area contributed by atoms with Crippen LogP contribution in [0.5, 0.6) is 0 Å². The smallest absolute Gasteiger partial charge is 0.293 e. The van der Waals surface area contributed by atoms with Crippen molar-refractivity contribution in [1.82, 2.24) is 4.90 Å². The van der Waals surface area contributed by atoms with E-state index in [1.54, 1.807) is 31.2 Å². The maximum absolute atomic E-state index is 13.0. The number of fused-ring (bicyclic) bond motifs is 1. The molecular weight excluding hydrogens is 452 g/mol. The fourth-order valence-corrected chi connectivity index (χ4v) is 4.73. The first kappa shape index (κ1) is 21.7. The molecule has 0 N–H and O–H groups in total. The topological polar surface area (TPSA) is 93.7 Å². The minimum absolute atomic E-state index is 0.00463. The van der Waals surface area contributed by atoms with Gasteiger partial charge in [0, 0.05) is 23.3 Å². The van der Waals surface area contributed by atoms with Gasteiger partial charge in [-0.05, 0) is 47.2 Å². The van der Waals surface area contributed by atoms with Gasteiger partial charge in [-0.15, -0.1) is 0 Å². The van der Waals surface area contributed by atoms with E-state index < -0.39 is 4.92 Å². The highest BCUT2D eigenvalue weighted by atomic mass is 32.2. The molecule has 0 unspecified atom stereocenters. The number of nitro benzene ring substituents is 1. The Balaban J connectivity index is 1.39. The van der Waals surface area contributed by atoms with Crippen LogP contribution < -0.4 is 0 Å². The largest absolute Gasteiger partial charge is 0.457 e. The molecule has 0 bridgehead atoms. The van der Waals surface area contributed by atoms with Gasteiger partial charge in [-0.25, -0.2) is 0 Å². The lowest BCUT2D eigenvalue weighted by molar-refractivity contribution is -0.385. The Labute approximate surface area is 198 Å². The van der Waals surface area contributed by atoms with Crippen LogP contribution in [0.1, 0.15) is 16.9 Å². The summed E-state index contributed by atoms with van der Waals surface area (Å²) in [4.78, 5) is 37.9. The summed E-state index contributed by atoms with van der Waals surface area (Å²) < 4.78 is 5.81. The minimum atomic E-state index is -0.436. The third kappa shape index (κ3) is 3.99. The molecule has 168 valence electrons. The zero-order valence-electron chi connectivity index (χ0n) is 18.1. The standard InChI is InChI=1S/C26H18N2O5S/c1-16-9-10-18(13-22(16)28(31)32)23-12-11-20(33-23)14-24-25(29)27(26(30)34-24)15-19-7-4-6-17-5-2-3-8-21(17)19/h2-14H,15H2,1H3/b24-14+. The molecule has 1 aromatic heterocycles. The van der Waals surface area contributed by atoms with Crippen LogP contribution in [-0.2, 0) is 11.3 Å². The lowest BCUT2D eigenvalue weighted by atomic mass is 10.0. The summed E-state index contributed by atoms with van der Waals surface area (Å²) in [5.74, 6) is 0.435. The number of furan rings is 1. The van der Waals surface area contributed by atoms with Crippen molar-refractivity contribution < 1.29 is 18.9 Å². The first-order chi connectivity index (χ1) is 16.4. The fraction of sp³-hybridized carbons (Fsp3) is 0.0769. The summed E-state index contributed by atoms with van der Waals surface area (Å²) in [6, 6.07) is 21.8. The molecule has 1 aliphatic rings. The van der Waals surface area contributed by atoms with Gasteiger partial charge in [-0.1, -0.05) is 54.6 Å². The Bertz CT molecular complexity index is 1500. The summed E-state index contributed by atoms with van der Waals surface area (Å²) >= 11 is 0.864. The summed E-state index contributed by atoms with van der Waals surface area (Å²) in [6.45, 7) is 1.85. The SMILES string of the molecule is Cc1ccc(-c2ccc(/C=C3/SC(=O)N(Cc4cccc5ccccc45)C3=O)o2)cc1[N+](=O)[O-]. The van der Waals surface area contributed by atoms with Crippen molar-refractivity contribution in [3.05, 3.63) is 105 Å². The highest BCUT2D eigenvalue weighted by Crippen LogP contribution is 2.35. The predicted octanol–water partition coefficient (Wildman–Crippen LogP) is 6.55. The third-order valence-corrected chi connectivity index (χ3v) is 6.58. The maximum Gasteiger partial charge on any atom is 0.293 e. The molecule has 0 saturated carbocycles. The number of carbonyl (C=O) groups is 2. The second-order valence-corrected chi connectivity index (χ2v) is 8.86. The molecule has 2 heterocycles. The van der Waals surface area contributed by atoms with Gasteiger partial charge < -0.3 is 4.42 Å².